The van der Waals surface area contributed by atoms with E-state index in [0.717, 1.165) is 35.7 Å². The van der Waals surface area contributed by atoms with Crippen LogP contribution in [0.1, 0.15) is 52.9 Å². The Labute approximate surface area is 199 Å². The molecule has 2 aromatic heterocycles. The zero-order chi connectivity index (χ0) is 24.5. The van der Waals surface area contributed by atoms with E-state index in [0.29, 0.717) is 35.7 Å². The molecule has 0 radical (unpaired) electrons. The quantitative estimate of drug-likeness (QED) is 0.381. The van der Waals surface area contributed by atoms with E-state index in [1.165, 1.54) is 29.5 Å². The lowest BCUT2D eigenvalue weighted by Crippen LogP contribution is -2.48. The van der Waals surface area contributed by atoms with Crippen molar-refractivity contribution >= 4 is 17.2 Å². The maximum atomic E-state index is 13.7. The van der Waals surface area contributed by atoms with Gasteiger partial charge in [-0.3, -0.25) is 9.78 Å². The average Bonchev–Trinajstić information content (AvgIpc) is 3.19. The number of alkyl halides is 3. The zero-order valence-corrected chi connectivity index (χ0v) is 19.7. The van der Waals surface area contributed by atoms with Crippen molar-refractivity contribution in [2.45, 2.75) is 51.7 Å². The smallest absolute Gasteiger partial charge is 0.334 e. The van der Waals surface area contributed by atoms with Crippen molar-refractivity contribution in [3.8, 4) is 10.4 Å². The third-order valence-corrected chi connectivity index (χ3v) is 7.29. The van der Waals surface area contributed by atoms with Gasteiger partial charge in [0.1, 0.15) is 11.5 Å². The number of thiazole rings is 1. The van der Waals surface area contributed by atoms with Crippen LogP contribution in [-0.2, 0) is 12.6 Å². The number of carbonyl (C=O) groups excluding carboxylic acids is 1. The number of halogens is 4. The Balaban J connectivity index is 1.54. The van der Waals surface area contributed by atoms with Crippen molar-refractivity contribution in [2.75, 3.05) is 6.54 Å². The minimum Gasteiger partial charge on any atom is -0.334 e. The lowest BCUT2D eigenvalue weighted by atomic mass is 9.87. The van der Waals surface area contributed by atoms with E-state index < -0.39 is 11.7 Å². The van der Waals surface area contributed by atoms with Crippen LogP contribution in [0.3, 0.4) is 0 Å². The first-order chi connectivity index (χ1) is 16.1. The summed E-state index contributed by atoms with van der Waals surface area (Å²) in [6.07, 6.45) is -0.652. The molecule has 4 nitrogen and oxygen atoms in total. The molecule has 0 spiro atoms. The van der Waals surface area contributed by atoms with Crippen LogP contribution in [0.5, 0.6) is 0 Å². The molecule has 1 amide bonds. The van der Waals surface area contributed by atoms with Crippen molar-refractivity contribution in [1.29, 1.82) is 0 Å². The highest BCUT2D eigenvalue weighted by Gasteiger charge is 2.35. The molecule has 1 aromatic carbocycles. The number of nitrogens with zero attached hydrogens (tertiary/aromatic N) is 3. The molecule has 1 saturated heterocycles. The van der Waals surface area contributed by atoms with Gasteiger partial charge in [-0.25, -0.2) is 9.37 Å². The minimum atomic E-state index is -4.42. The molecule has 1 fully saturated rings. The van der Waals surface area contributed by atoms with Gasteiger partial charge in [0.05, 0.1) is 15.4 Å². The van der Waals surface area contributed by atoms with E-state index in [1.54, 1.807) is 12.1 Å². The number of amides is 1. The predicted octanol–water partition coefficient (Wildman–Crippen LogP) is 6.54. The van der Waals surface area contributed by atoms with Crippen LogP contribution in [0.25, 0.3) is 10.4 Å². The van der Waals surface area contributed by atoms with Gasteiger partial charge in [0.25, 0.3) is 5.91 Å². The number of piperidine rings is 1. The minimum absolute atomic E-state index is 0.0755. The summed E-state index contributed by atoms with van der Waals surface area (Å²) in [6.45, 7) is 4.52. The summed E-state index contributed by atoms with van der Waals surface area (Å²) in [7, 11) is 0. The van der Waals surface area contributed by atoms with Crippen LogP contribution in [0.2, 0.25) is 0 Å². The molecule has 34 heavy (non-hydrogen) atoms. The van der Waals surface area contributed by atoms with E-state index in [9.17, 15) is 22.4 Å². The van der Waals surface area contributed by atoms with E-state index in [-0.39, 0.29) is 23.7 Å². The number of aryl methyl sites for hydroxylation is 2. The van der Waals surface area contributed by atoms with E-state index >= 15 is 0 Å². The second-order valence-electron chi connectivity index (χ2n) is 8.68. The third-order valence-electron chi connectivity index (χ3n) is 6.27. The van der Waals surface area contributed by atoms with Crippen molar-refractivity contribution in [1.82, 2.24) is 14.9 Å². The molecule has 1 aliphatic rings. The normalized spacial score (nSPS) is 18.8. The second kappa shape index (κ2) is 9.82. The Morgan fingerprint density at radius 2 is 1.91 bits per heavy atom. The summed E-state index contributed by atoms with van der Waals surface area (Å²) in [5, 5.41) is 0.748. The van der Waals surface area contributed by atoms with Crippen molar-refractivity contribution in [2.24, 2.45) is 5.92 Å². The van der Waals surface area contributed by atoms with Crippen LogP contribution >= 0.6 is 11.3 Å². The Morgan fingerprint density at radius 3 is 2.56 bits per heavy atom. The maximum absolute atomic E-state index is 13.7. The van der Waals surface area contributed by atoms with Crippen LogP contribution < -0.4 is 0 Å². The molecule has 2 atom stereocenters. The van der Waals surface area contributed by atoms with E-state index in [2.05, 4.69) is 16.9 Å². The summed E-state index contributed by atoms with van der Waals surface area (Å²) < 4.78 is 51.9. The first kappa shape index (κ1) is 24.3. The molecule has 0 saturated carbocycles. The number of benzene rings is 1. The highest BCUT2D eigenvalue weighted by Crippen LogP contribution is 2.34. The fraction of sp³-hybridized carbons (Fsp3) is 0.400. The van der Waals surface area contributed by atoms with Crippen molar-refractivity contribution in [3.63, 3.8) is 0 Å². The highest BCUT2D eigenvalue weighted by molar-refractivity contribution is 7.15. The van der Waals surface area contributed by atoms with Crippen LogP contribution in [-0.4, -0.2) is 33.4 Å². The van der Waals surface area contributed by atoms with Gasteiger partial charge >= 0.3 is 6.18 Å². The van der Waals surface area contributed by atoms with Crippen molar-refractivity contribution in [3.05, 3.63) is 70.4 Å². The lowest BCUT2D eigenvalue weighted by molar-refractivity contribution is -0.137. The van der Waals surface area contributed by atoms with Gasteiger partial charge < -0.3 is 4.90 Å². The number of hydrogen-bond donors (Lipinski definition) is 0. The molecule has 4 rings (SSSR count). The fourth-order valence-electron chi connectivity index (χ4n) is 4.48. The number of rotatable bonds is 5. The first-order valence-corrected chi connectivity index (χ1v) is 12.0. The largest absolute Gasteiger partial charge is 0.417 e. The molecule has 1 aliphatic heterocycles. The molecule has 9 heteroatoms. The Hall–Kier alpha value is -2.81. The zero-order valence-electron chi connectivity index (χ0n) is 18.9. The topological polar surface area (TPSA) is 46.1 Å². The monoisotopic (exact) mass is 491 g/mol. The number of carbonyl (C=O) groups is 1. The molecule has 3 heterocycles. The average molecular weight is 492 g/mol. The lowest BCUT2D eigenvalue weighted by Gasteiger charge is -2.40. The van der Waals surface area contributed by atoms with Crippen LogP contribution in [0, 0.1) is 18.7 Å². The number of likely N-dealkylation sites (tertiary alicyclic amines) is 1. The summed E-state index contributed by atoms with van der Waals surface area (Å²) in [5.74, 6) is -0.276. The van der Waals surface area contributed by atoms with Gasteiger partial charge in [-0.2, -0.15) is 13.2 Å². The maximum Gasteiger partial charge on any atom is 0.417 e. The Bertz CT molecular complexity index is 1140. The SMILES string of the molecule is Cc1nc(C(=O)N2CCC[C@@H](C)[C@H]2CCc2ccc(C(F)(F)F)cn2)c(-c2ccc(F)cc2)s1. The van der Waals surface area contributed by atoms with Gasteiger partial charge in [0.15, 0.2) is 0 Å². The van der Waals surface area contributed by atoms with Gasteiger partial charge in [0.2, 0.25) is 0 Å². The number of hydrogen-bond acceptors (Lipinski definition) is 4. The van der Waals surface area contributed by atoms with E-state index in [4.69, 9.17) is 0 Å². The van der Waals surface area contributed by atoms with Gasteiger partial charge in [-0.15, -0.1) is 11.3 Å². The molecule has 0 bridgehead atoms. The second-order valence-corrected chi connectivity index (χ2v) is 9.88. The molecule has 0 unspecified atom stereocenters. The van der Waals surface area contributed by atoms with Gasteiger partial charge in [0, 0.05) is 24.5 Å². The van der Waals surface area contributed by atoms with E-state index in [1.807, 2.05) is 11.8 Å². The summed E-state index contributed by atoms with van der Waals surface area (Å²) in [6, 6.07) is 8.38. The Kier molecular flexibility index (Phi) is 7.02. The standard InChI is InChI=1S/C25H25F4N3OS/c1-15-4-3-13-32(21(15)12-11-20-10-7-18(14-30-20)25(27,28)29)24(33)22-23(34-16(2)31-22)17-5-8-19(26)9-6-17/h5-10,14-15,21H,3-4,11-13H2,1-2H3/t15-,21-/m1/s1. The molecule has 3 aromatic rings. The molecule has 180 valence electrons. The summed E-state index contributed by atoms with van der Waals surface area (Å²) in [5.41, 5.74) is 0.896. The summed E-state index contributed by atoms with van der Waals surface area (Å²) >= 11 is 1.40. The van der Waals surface area contributed by atoms with Gasteiger partial charge in [-0.05, 0) is 68.4 Å². The van der Waals surface area contributed by atoms with Gasteiger partial charge in [-0.1, -0.05) is 19.1 Å². The number of pyridine rings is 1. The van der Waals surface area contributed by atoms with Crippen LogP contribution in [0.4, 0.5) is 17.6 Å². The predicted molar refractivity (Wildman–Crippen MR) is 123 cm³/mol. The third kappa shape index (κ3) is 5.29. The highest BCUT2D eigenvalue weighted by atomic mass is 32.1. The fourth-order valence-corrected chi connectivity index (χ4v) is 5.40. The summed E-state index contributed by atoms with van der Waals surface area (Å²) in [4.78, 5) is 24.7. The molecular formula is C25H25F4N3OS. The molecular weight excluding hydrogens is 466 g/mol. The number of aromatic nitrogens is 2. The van der Waals surface area contributed by atoms with Crippen LogP contribution in [0.15, 0.2) is 42.6 Å². The molecule has 0 aliphatic carbocycles. The Morgan fingerprint density at radius 1 is 1.18 bits per heavy atom. The first-order valence-electron chi connectivity index (χ1n) is 11.2. The van der Waals surface area contributed by atoms with Crippen molar-refractivity contribution < 1.29 is 22.4 Å². The molecule has 0 N–H and O–H groups in total.